The molecule has 26 heavy (non-hydrogen) atoms. The molecule has 2 N–H and O–H groups in total. The zero-order chi connectivity index (χ0) is 18.3. The van der Waals surface area contributed by atoms with Gasteiger partial charge in [0.05, 0.1) is 22.9 Å². The highest BCUT2D eigenvalue weighted by Gasteiger charge is 2.14. The number of nitrogens with zero attached hydrogens (tertiary/aromatic N) is 4. The van der Waals surface area contributed by atoms with Crippen LogP contribution >= 0.6 is 0 Å². The molecule has 0 aliphatic carbocycles. The molecule has 0 aliphatic heterocycles. The number of H-pyrrole nitrogens is 1. The average Bonchev–Trinajstić information content (AvgIpc) is 3.18. The number of aromatic amines is 1. The highest BCUT2D eigenvalue weighted by Crippen LogP contribution is 2.37. The quantitative estimate of drug-likeness (QED) is 0.545. The summed E-state index contributed by atoms with van der Waals surface area (Å²) < 4.78 is 1.72. The molecule has 0 saturated heterocycles. The monoisotopic (exact) mass is 347 g/mol. The Morgan fingerprint density at radius 3 is 2.88 bits per heavy atom. The van der Waals surface area contributed by atoms with Gasteiger partial charge in [-0.1, -0.05) is 24.3 Å². The second kappa shape index (κ2) is 6.11. The van der Waals surface area contributed by atoms with Crippen LogP contribution in [0.2, 0.25) is 0 Å². The van der Waals surface area contributed by atoms with Gasteiger partial charge in [0, 0.05) is 5.39 Å². The first-order valence-corrected chi connectivity index (χ1v) is 8.20. The smallest absolute Gasteiger partial charge is 0.284 e. The van der Waals surface area contributed by atoms with Crippen LogP contribution in [0.1, 0.15) is 11.1 Å². The zero-order valence-electron chi connectivity index (χ0n) is 14.4. The lowest BCUT2D eigenvalue weighted by Crippen LogP contribution is -2.05. The van der Waals surface area contributed by atoms with Gasteiger partial charge in [-0.15, -0.1) is 10.2 Å². The van der Waals surface area contributed by atoms with Gasteiger partial charge < -0.3 is 14.7 Å². The van der Waals surface area contributed by atoms with Crippen molar-refractivity contribution in [1.82, 2.24) is 14.5 Å². The third-order valence-corrected chi connectivity index (χ3v) is 4.55. The van der Waals surface area contributed by atoms with Crippen molar-refractivity contribution in [2.24, 2.45) is 10.2 Å². The van der Waals surface area contributed by atoms with E-state index in [1.54, 1.807) is 10.9 Å². The van der Waals surface area contributed by atoms with E-state index >= 15 is 0 Å². The van der Waals surface area contributed by atoms with E-state index in [1.165, 1.54) is 0 Å². The number of benzene rings is 2. The number of rotatable bonds is 3. The van der Waals surface area contributed by atoms with Crippen molar-refractivity contribution in [2.75, 3.05) is 0 Å². The van der Waals surface area contributed by atoms with E-state index in [2.05, 4.69) is 20.2 Å². The molecule has 0 saturated carbocycles. The molecule has 0 bridgehead atoms. The van der Waals surface area contributed by atoms with Crippen LogP contribution < -0.4 is 0 Å². The summed E-state index contributed by atoms with van der Waals surface area (Å²) in [5, 5.41) is 18.6. The number of fused-ring (bicyclic) bond motifs is 2. The number of aryl methyl sites for hydroxylation is 2. The molecule has 0 fully saturated rings. The second-order valence-electron chi connectivity index (χ2n) is 6.21. The largest absolute Gasteiger partial charge is 0.493 e. The van der Waals surface area contributed by atoms with E-state index in [0.717, 1.165) is 33.1 Å². The Hall–Kier alpha value is -3.48. The summed E-state index contributed by atoms with van der Waals surface area (Å²) in [6, 6.07) is 11.4. The number of nitrogens with one attached hydrogen (secondary N) is 1. The Morgan fingerprint density at radius 2 is 2.04 bits per heavy atom. The molecule has 0 spiro atoms. The summed E-state index contributed by atoms with van der Waals surface area (Å²) >= 11 is 0. The molecular weight excluding hydrogens is 330 g/mol. The maximum Gasteiger partial charge on any atom is 0.284 e. The molecule has 1 amide bonds. The van der Waals surface area contributed by atoms with Gasteiger partial charge in [-0.25, -0.2) is 4.98 Å². The lowest BCUT2D eigenvalue weighted by Gasteiger charge is -2.00. The minimum absolute atomic E-state index is 0.0330. The Morgan fingerprint density at radius 1 is 1.23 bits per heavy atom. The summed E-state index contributed by atoms with van der Waals surface area (Å²) in [4.78, 5) is 19.4. The maximum absolute atomic E-state index is 12.2. The van der Waals surface area contributed by atoms with E-state index in [9.17, 15) is 9.90 Å². The molecule has 4 aromatic rings. The van der Waals surface area contributed by atoms with E-state index in [4.69, 9.17) is 0 Å². The Balaban J connectivity index is 1.62. The highest BCUT2D eigenvalue weighted by molar-refractivity contribution is 5.96. The van der Waals surface area contributed by atoms with Crippen LogP contribution in [0.4, 0.5) is 5.69 Å². The molecule has 4 rings (SSSR count). The van der Waals surface area contributed by atoms with Gasteiger partial charge in [0.25, 0.3) is 5.91 Å². The van der Waals surface area contributed by atoms with Crippen LogP contribution in [-0.2, 0) is 11.3 Å². The van der Waals surface area contributed by atoms with Crippen molar-refractivity contribution in [3.8, 4) is 5.88 Å². The number of hydrogen-bond acceptors (Lipinski definition) is 4. The minimum atomic E-state index is -0.425. The summed E-state index contributed by atoms with van der Waals surface area (Å²) in [5.41, 5.74) is 4.87. The summed E-state index contributed by atoms with van der Waals surface area (Å²) in [5.74, 6) is -0.524. The second-order valence-corrected chi connectivity index (χ2v) is 6.21. The highest BCUT2D eigenvalue weighted by atomic mass is 16.3. The molecule has 2 aromatic heterocycles. The number of aromatic nitrogens is 3. The summed E-state index contributed by atoms with van der Waals surface area (Å²) in [6.45, 7) is 3.99. The molecule has 7 heteroatoms. The molecule has 7 nitrogen and oxygen atoms in total. The fraction of sp³-hybridized carbons (Fsp3) is 0.158. The first kappa shape index (κ1) is 16.0. The Labute approximate surface area is 149 Å². The lowest BCUT2D eigenvalue weighted by molar-refractivity contribution is -0.118. The van der Waals surface area contributed by atoms with Gasteiger partial charge >= 0.3 is 0 Å². The van der Waals surface area contributed by atoms with Gasteiger partial charge in [0.15, 0.2) is 5.69 Å². The van der Waals surface area contributed by atoms with Crippen LogP contribution in [0, 0.1) is 13.8 Å². The van der Waals surface area contributed by atoms with Crippen molar-refractivity contribution >= 4 is 33.5 Å². The van der Waals surface area contributed by atoms with Crippen molar-refractivity contribution in [1.29, 1.82) is 0 Å². The predicted octanol–water partition coefficient (Wildman–Crippen LogP) is 4.15. The molecule has 130 valence electrons. The predicted molar refractivity (Wildman–Crippen MR) is 98.7 cm³/mol. The average molecular weight is 347 g/mol. The maximum atomic E-state index is 12.2. The minimum Gasteiger partial charge on any atom is -0.493 e. The number of hydrogen-bond donors (Lipinski definition) is 2. The molecule has 0 atom stereocenters. The number of azo groups is 1. The van der Waals surface area contributed by atoms with E-state index in [0.29, 0.717) is 0 Å². The van der Waals surface area contributed by atoms with Gasteiger partial charge in [0.1, 0.15) is 6.54 Å². The third kappa shape index (κ3) is 2.63. The van der Waals surface area contributed by atoms with Crippen LogP contribution in [0.15, 0.2) is 53.0 Å². The molecular formula is C19H17N5O2. The van der Waals surface area contributed by atoms with Gasteiger partial charge in [0.2, 0.25) is 5.88 Å². The van der Waals surface area contributed by atoms with Crippen molar-refractivity contribution in [3.63, 3.8) is 0 Å². The first-order chi connectivity index (χ1) is 12.5. The molecule has 2 heterocycles. The molecule has 0 unspecified atom stereocenters. The normalized spacial score (nSPS) is 11.8. The van der Waals surface area contributed by atoms with Crippen LogP contribution in [0.3, 0.4) is 0 Å². The first-order valence-electron chi connectivity index (χ1n) is 8.20. The number of amides is 1. The van der Waals surface area contributed by atoms with Crippen molar-refractivity contribution in [2.45, 2.75) is 20.4 Å². The zero-order valence-corrected chi connectivity index (χ0v) is 14.4. The topological polar surface area (TPSA) is 95.6 Å². The molecule has 2 aromatic carbocycles. The van der Waals surface area contributed by atoms with Crippen molar-refractivity contribution < 1.29 is 9.90 Å². The summed E-state index contributed by atoms with van der Waals surface area (Å²) in [7, 11) is 0. The lowest BCUT2D eigenvalue weighted by atomic mass is 10.1. The van der Waals surface area contributed by atoms with Gasteiger partial charge in [-0.3, -0.25) is 4.79 Å². The van der Waals surface area contributed by atoms with Crippen LogP contribution in [0.25, 0.3) is 21.9 Å². The van der Waals surface area contributed by atoms with Crippen LogP contribution in [-0.4, -0.2) is 25.5 Å². The van der Waals surface area contributed by atoms with Crippen LogP contribution in [0.5, 0.6) is 5.88 Å². The SMILES string of the molecule is Cc1ccc2c(N=NC(=O)Cn3cnc4ccccc43)c(O)[nH]c2c1C. The number of imidazole rings is 1. The molecule has 0 radical (unpaired) electrons. The number of para-hydroxylation sites is 2. The molecule has 0 aliphatic rings. The Bertz CT molecular complexity index is 1170. The Kier molecular flexibility index (Phi) is 3.76. The van der Waals surface area contributed by atoms with E-state index in [1.807, 2.05) is 50.2 Å². The number of carbonyl (C=O) groups is 1. The number of carbonyl (C=O) groups excluding carboxylic acids is 1. The van der Waals surface area contributed by atoms with Gasteiger partial charge in [-0.05, 0) is 37.1 Å². The van der Waals surface area contributed by atoms with Crippen molar-refractivity contribution in [3.05, 3.63) is 53.9 Å². The van der Waals surface area contributed by atoms with E-state index < -0.39 is 5.91 Å². The third-order valence-electron chi connectivity index (χ3n) is 4.55. The fourth-order valence-corrected chi connectivity index (χ4v) is 3.00. The van der Waals surface area contributed by atoms with Gasteiger partial charge in [-0.2, -0.15) is 0 Å². The number of aromatic hydroxyl groups is 1. The fourth-order valence-electron chi connectivity index (χ4n) is 3.00. The summed E-state index contributed by atoms with van der Waals surface area (Å²) in [6.07, 6.45) is 1.60. The van der Waals surface area contributed by atoms with E-state index in [-0.39, 0.29) is 18.1 Å². The standard InChI is InChI=1S/C19H17N5O2/c1-11-7-8-13-17(12(11)2)21-19(26)18(13)23-22-16(25)9-24-10-20-14-5-3-4-6-15(14)24/h3-8,10,21,26H,9H2,1-2H3.